The molecule has 0 saturated heterocycles. The van der Waals surface area contributed by atoms with Crippen LogP contribution in [0.3, 0.4) is 0 Å². The van der Waals surface area contributed by atoms with Gasteiger partial charge in [-0.05, 0) is 48.1 Å². The summed E-state index contributed by atoms with van der Waals surface area (Å²) in [4.78, 5) is 14.0. The molecule has 1 N–H and O–H groups in total. The van der Waals surface area contributed by atoms with Crippen molar-refractivity contribution in [2.75, 3.05) is 5.75 Å². The first-order valence-electron chi connectivity index (χ1n) is 12.0. The van der Waals surface area contributed by atoms with Gasteiger partial charge in [0.15, 0.2) is 0 Å². The molecule has 1 amide bonds. The Morgan fingerprint density at radius 1 is 1.03 bits per heavy atom. The number of para-hydroxylation sites is 1. The number of amides is 1. The number of hydrogen-bond donors (Lipinski definition) is 1. The summed E-state index contributed by atoms with van der Waals surface area (Å²) in [6, 6.07) is 29.8. The number of unbranched alkanes of at least 4 members (excludes halogenated alkanes) is 1. The summed E-state index contributed by atoms with van der Waals surface area (Å²) in [5.41, 5.74) is 4.25. The Morgan fingerprint density at radius 3 is 2.39 bits per heavy atom. The molecule has 6 heteroatoms. The SMILES string of the molecule is CCCCSc1ccc(-c2nn(-c3ccccc3)cc2/C=C(/C#N)C(=O)NCc2ccccc2)cc1. The number of hydrogen-bond acceptors (Lipinski definition) is 4. The molecule has 0 unspecified atom stereocenters. The third-order valence-electron chi connectivity index (χ3n) is 5.62. The Morgan fingerprint density at radius 2 is 1.72 bits per heavy atom. The van der Waals surface area contributed by atoms with E-state index in [4.69, 9.17) is 5.10 Å². The molecule has 0 aliphatic carbocycles. The molecule has 4 aromatic rings. The molecule has 1 aromatic heterocycles. The number of carbonyl (C=O) groups is 1. The molecule has 4 rings (SSSR count). The Balaban J connectivity index is 1.64. The van der Waals surface area contributed by atoms with Gasteiger partial charge in [-0.15, -0.1) is 11.8 Å². The number of benzene rings is 3. The largest absolute Gasteiger partial charge is 0.347 e. The van der Waals surface area contributed by atoms with Crippen LogP contribution in [0.25, 0.3) is 23.0 Å². The normalized spacial score (nSPS) is 11.2. The zero-order chi connectivity index (χ0) is 25.2. The highest BCUT2D eigenvalue weighted by Crippen LogP contribution is 2.28. The van der Waals surface area contributed by atoms with Crippen LogP contribution in [0.5, 0.6) is 0 Å². The molecule has 0 saturated carbocycles. The first-order valence-corrected chi connectivity index (χ1v) is 13.0. The highest BCUT2D eigenvalue weighted by atomic mass is 32.2. The zero-order valence-corrected chi connectivity index (χ0v) is 21.0. The lowest BCUT2D eigenvalue weighted by molar-refractivity contribution is -0.117. The van der Waals surface area contributed by atoms with E-state index in [2.05, 4.69) is 30.4 Å². The average molecular weight is 493 g/mol. The quantitative estimate of drug-likeness (QED) is 0.116. The lowest BCUT2D eigenvalue weighted by Crippen LogP contribution is -2.23. The number of thioether (sulfide) groups is 1. The van der Waals surface area contributed by atoms with Crippen LogP contribution in [-0.4, -0.2) is 21.4 Å². The van der Waals surface area contributed by atoms with E-state index in [0.29, 0.717) is 17.8 Å². The second kappa shape index (κ2) is 12.6. The van der Waals surface area contributed by atoms with Gasteiger partial charge < -0.3 is 5.32 Å². The smallest absolute Gasteiger partial charge is 0.262 e. The van der Waals surface area contributed by atoms with Crippen molar-refractivity contribution >= 4 is 23.7 Å². The zero-order valence-electron chi connectivity index (χ0n) is 20.2. The van der Waals surface area contributed by atoms with Crippen LogP contribution in [0.15, 0.2) is 102 Å². The molecule has 0 spiro atoms. The van der Waals surface area contributed by atoms with Gasteiger partial charge in [-0.25, -0.2) is 4.68 Å². The van der Waals surface area contributed by atoms with Gasteiger partial charge in [0.2, 0.25) is 0 Å². The van der Waals surface area contributed by atoms with E-state index < -0.39 is 5.91 Å². The maximum absolute atomic E-state index is 12.8. The highest BCUT2D eigenvalue weighted by molar-refractivity contribution is 7.99. The van der Waals surface area contributed by atoms with Gasteiger partial charge in [0.25, 0.3) is 5.91 Å². The fraction of sp³-hybridized carbons (Fsp3) is 0.167. The number of nitrogens with one attached hydrogen (secondary N) is 1. The van der Waals surface area contributed by atoms with Crippen molar-refractivity contribution in [3.63, 3.8) is 0 Å². The predicted molar refractivity (Wildman–Crippen MR) is 147 cm³/mol. The maximum Gasteiger partial charge on any atom is 0.262 e. The Kier molecular flexibility index (Phi) is 8.74. The van der Waals surface area contributed by atoms with E-state index in [1.54, 1.807) is 10.8 Å². The number of nitrogens with zero attached hydrogens (tertiary/aromatic N) is 3. The molecule has 36 heavy (non-hydrogen) atoms. The second-order valence-corrected chi connectivity index (χ2v) is 9.45. The molecule has 1 heterocycles. The predicted octanol–water partition coefficient (Wildman–Crippen LogP) is 6.65. The van der Waals surface area contributed by atoms with Crippen LogP contribution in [0.4, 0.5) is 0 Å². The molecule has 5 nitrogen and oxygen atoms in total. The third-order valence-corrected chi connectivity index (χ3v) is 6.72. The second-order valence-electron chi connectivity index (χ2n) is 8.28. The van der Waals surface area contributed by atoms with Gasteiger partial charge in [-0.3, -0.25) is 4.79 Å². The van der Waals surface area contributed by atoms with Crippen LogP contribution in [0.2, 0.25) is 0 Å². The molecule has 0 fully saturated rings. The minimum Gasteiger partial charge on any atom is -0.347 e. The summed E-state index contributed by atoms with van der Waals surface area (Å²) in [7, 11) is 0. The van der Waals surface area contributed by atoms with E-state index >= 15 is 0 Å². The molecular formula is C30H28N4OS. The van der Waals surface area contributed by atoms with Crippen molar-refractivity contribution in [3.8, 4) is 23.0 Å². The summed E-state index contributed by atoms with van der Waals surface area (Å²) >= 11 is 1.84. The van der Waals surface area contributed by atoms with Crippen molar-refractivity contribution in [1.82, 2.24) is 15.1 Å². The van der Waals surface area contributed by atoms with Gasteiger partial charge in [0, 0.05) is 28.8 Å². The van der Waals surface area contributed by atoms with Gasteiger partial charge >= 0.3 is 0 Å². The van der Waals surface area contributed by atoms with Crippen molar-refractivity contribution in [1.29, 1.82) is 5.26 Å². The summed E-state index contributed by atoms with van der Waals surface area (Å²) < 4.78 is 1.78. The van der Waals surface area contributed by atoms with Crippen LogP contribution in [-0.2, 0) is 11.3 Å². The Bertz CT molecular complexity index is 1350. The molecule has 180 valence electrons. The van der Waals surface area contributed by atoms with E-state index in [-0.39, 0.29) is 5.57 Å². The minimum atomic E-state index is -0.414. The Hall–Kier alpha value is -4.08. The van der Waals surface area contributed by atoms with E-state index in [1.807, 2.05) is 90.8 Å². The lowest BCUT2D eigenvalue weighted by Gasteiger charge is -2.05. The van der Waals surface area contributed by atoms with Gasteiger partial charge in [0.05, 0.1) is 11.4 Å². The highest BCUT2D eigenvalue weighted by Gasteiger charge is 2.15. The molecular weight excluding hydrogens is 464 g/mol. The van der Waals surface area contributed by atoms with Gasteiger partial charge in [-0.1, -0.05) is 74.0 Å². The van der Waals surface area contributed by atoms with Crippen LogP contribution in [0, 0.1) is 11.3 Å². The lowest BCUT2D eigenvalue weighted by atomic mass is 10.1. The fourth-order valence-electron chi connectivity index (χ4n) is 3.65. The molecule has 0 radical (unpaired) electrons. The van der Waals surface area contributed by atoms with Gasteiger partial charge in [-0.2, -0.15) is 10.4 Å². The van der Waals surface area contributed by atoms with E-state index in [1.165, 1.54) is 17.7 Å². The van der Waals surface area contributed by atoms with Crippen molar-refractivity contribution in [3.05, 3.63) is 108 Å². The average Bonchev–Trinajstić information content (AvgIpc) is 3.36. The van der Waals surface area contributed by atoms with Crippen LogP contribution < -0.4 is 5.32 Å². The summed E-state index contributed by atoms with van der Waals surface area (Å²) in [6.45, 7) is 2.55. The first-order chi connectivity index (χ1) is 17.7. The molecule has 0 aliphatic rings. The number of aromatic nitrogens is 2. The van der Waals surface area contributed by atoms with Crippen LogP contribution >= 0.6 is 11.8 Å². The summed E-state index contributed by atoms with van der Waals surface area (Å²) in [5.74, 6) is 0.679. The van der Waals surface area contributed by atoms with Crippen LogP contribution in [0.1, 0.15) is 30.9 Å². The number of rotatable bonds is 10. The van der Waals surface area contributed by atoms with Crippen molar-refractivity contribution in [2.45, 2.75) is 31.2 Å². The summed E-state index contributed by atoms with van der Waals surface area (Å²) in [6.07, 6.45) is 5.84. The Labute approximate surface area is 216 Å². The third kappa shape index (κ3) is 6.53. The monoisotopic (exact) mass is 492 g/mol. The number of nitriles is 1. The summed E-state index contributed by atoms with van der Waals surface area (Å²) in [5, 5.41) is 17.4. The van der Waals surface area contributed by atoms with Crippen molar-refractivity contribution in [2.24, 2.45) is 0 Å². The molecule has 0 aliphatic heterocycles. The first kappa shape index (κ1) is 25.0. The maximum atomic E-state index is 12.8. The van der Waals surface area contributed by atoms with Crippen molar-refractivity contribution < 1.29 is 4.79 Å². The fourth-order valence-corrected chi connectivity index (χ4v) is 4.65. The molecule has 0 atom stereocenters. The van der Waals surface area contributed by atoms with E-state index in [9.17, 15) is 10.1 Å². The topological polar surface area (TPSA) is 70.7 Å². The van der Waals surface area contributed by atoms with E-state index in [0.717, 1.165) is 22.6 Å². The van der Waals surface area contributed by atoms with Gasteiger partial charge in [0.1, 0.15) is 11.6 Å². The standard InChI is InChI=1S/C30H28N4OS/c1-2-3-18-36-28-16-14-24(15-17-28)29-26(22-34(33-29)27-12-8-5-9-13-27)19-25(20-31)30(35)32-21-23-10-6-4-7-11-23/h4-17,19,22H,2-3,18,21H2,1H3,(H,32,35)/b25-19-. The number of carbonyl (C=O) groups excluding carboxylic acids is 1. The minimum absolute atomic E-state index is 0.0338. The molecule has 3 aromatic carbocycles. The molecule has 0 bridgehead atoms.